The van der Waals surface area contributed by atoms with Crippen molar-refractivity contribution in [2.75, 3.05) is 17.6 Å². The minimum Gasteiger partial charge on any atom is -0.456 e. The first-order chi connectivity index (χ1) is 21.2. The molecule has 1 aromatic heterocycles. The van der Waals surface area contributed by atoms with Gasteiger partial charge in [0.25, 0.3) is 16.0 Å². The smallest absolute Gasteiger partial charge is 0.266 e. The Balaban J connectivity index is 1.17. The highest BCUT2D eigenvalue weighted by Gasteiger charge is 2.25. The quantitative estimate of drug-likeness (QED) is 0.146. The Kier molecular flexibility index (Phi) is 8.32. The van der Waals surface area contributed by atoms with E-state index in [0.717, 1.165) is 33.4 Å². The molecule has 1 heterocycles. The largest absolute Gasteiger partial charge is 0.456 e. The molecule has 224 valence electrons. The van der Waals surface area contributed by atoms with Crippen molar-refractivity contribution in [3.63, 3.8) is 0 Å². The number of benzene rings is 4. The molecule has 0 bridgehead atoms. The van der Waals surface area contributed by atoms with Gasteiger partial charge in [-0.25, -0.2) is 0 Å². The van der Waals surface area contributed by atoms with Gasteiger partial charge in [-0.1, -0.05) is 54.6 Å². The van der Waals surface area contributed by atoms with Crippen LogP contribution < -0.4 is 10.6 Å². The normalized spacial score (nSPS) is 13.8. The molecule has 3 N–H and O–H groups in total. The van der Waals surface area contributed by atoms with Gasteiger partial charge in [0.2, 0.25) is 5.91 Å². The number of anilines is 1. The third-order valence-corrected chi connectivity index (χ3v) is 8.59. The monoisotopic (exact) mass is 608 g/mol. The lowest BCUT2D eigenvalue weighted by Crippen LogP contribution is -2.28. The molecule has 0 aliphatic heterocycles. The summed E-state index contributed by atoms with van der Waals surface area (Å²) in [5.74, 6) is -0.266. The van der Waals surface area contributed by atoms with Crippen molar-refractivity contribution in [2.24, 2.45) is 0 Å². The van der Waals surface area contributed by atoms with Gasteiger partial charge >= 0.3 is 0 Å². The van der Waals surface area contributed by atoms with E-state index in [9.17, 15) is 18.0 Å². The molecule has 8 nitrogen and oxygen atoms in total. The van der Waals surface area contributed by atoms with Gasteiger partial charge in [0.15, 0.2) is 0 Å². The molecule has 1 saturated carbocycles. The van der Waals surface area contributed by atoms with Crippen LogP contribution in [0.4, 0.5) is 5.69 Å². The van der Waals surface area contributed by atoms with Crippen molar-refractivity contribution in [1.29, 1.82) is 0 Å². The van der Waals surface area contributed by atoms with Crippen LogP contribution in [-0.4, -0.2) is 37.1 Å². The van der Waals surface area contributed by atoms with E-state index in [1.54, 1.807) is 24.3 Å². The molecule has 44 heavy (non-hydrogen) atoms. The first-order valence-electron chi connectivity index (χ1n) is 14.5. The van der Waals surface area contributed by atoms with Crippen LogP contribution in [0.5, 0.6) is 0 Å². The minimum atomic E-state index is -4.16. The summed E-state index contributed by atoms with van der Waals surface area (Å²) in [4.78, 5) is 26.1. The molecule has 2 amide bonds. The van der Waals surface area contributed by atoms with Gasteiger partial charge < -0.3 is 15.1 Å². The van der Waals surface area contributed by atoms with Gasteiger partial charge in [-0.3, -0.25) is 14.1 Å². The first kappa shape index (κ1) is 29.3. The molecule has 6 rings (SSSR count). The van der Waals surface area contributed by atoms with Crippen molar-refractivity contribution in [2.45, 2.75) is 31.1 Å². The van der Waals surface area contributed by atoms with Crippen molar-refractivity contribution >= 4 is 38.6 Å². The summed E-state index contributed by atoms with van der Waals surface area (Å²) in [5, 5.41) is 6.59. The summed E-state index contributed by atoms with van der Waals surface area (Å²) in [6, 6.07) is 32.5. The molecule has 9 heteroatoms. The Morgan fingerprint density at radius 1 is 0.886 bits per heavy atom. The Morgan fingerprint density at radius 2 is 1.59 bits per heavy atom. The second kappa shape index (κ2) is 12.5. The standard InChI is InChI=1S/C35H32N2O6S/c38-34(36-19-20-44(40,41)42)28-7-5-23(6-8-28)21-31(26-13-11-25(12-14-26)24-9-10-24)35(39)37-30-17-15-27(16-18-30)33-22-29-3-1-2-4-32(29)43-33/h1-8,11-18,22,24,31H,9-10,19-21H2,(H,36,38)(H,37,39)(H,40,41,42). The number of para-hydroxylation sites is 1. The molecule has 5 aromatic rings. The second-order valence-electron chi connectivity index (χ2n) is 11.2. The zero-order chi connectivity index (χ0) is 30.7. The number of furan rings is 1. The van der Waals surface area contributed by atoms with Gasteiger partial charge in [-0.2, -0.15) is 8.42 Å². The highest BCUT2D eigenvalue weighted by atomic mass is 32.2. The number of hydrogen-bond acceptors (Lipinski definition) is 5. The number of fused-ring (bicyclic) bond motifs is 1. The van der Waals surface area contributed by atoms with Gasteiger partial charge in [0.05, 0.1) is 11.7 Å². The molecule has 0 radical (unpaired) electrons. The lowest BCUT2D eigenvalue weighted by Gasteiger charge is -2.18. The Hall–Kier alpha value is -4.73. The number of carbonyl (C=O) groups is 2. The maximum Gasteiger partial charge on any atom is 0.266 e. The number of rotatable bonds is 11. The van der Waals surface area contributed by atoms with Crippen LogP contribution in [0.3, 0.4) is 0 Å². The van der Waals surface area contributed by atoms with Crippen molar-refractivity contribution in [3.8, 4) is 11.3 Å². The molecule has 1 atom stereocenters. The summed E-state index contributed by atoms with van der Waals surface area (Å²) < 4.78 is 36.7. The zero-order valence-electron chi connectivity index (χ0n) is 23.9. The SMILES string of the molecule is O=C(NCCS(=O)(=O)O)c1ccc(CC(C(=O)Nc2ccc(-c3cc4ccccc4o3)cc2)c2ccc(C3CC3)cc2)cc1. The summed E-state index contributed by atoms with van der Waals surface area (Å²) in [5.41, 5.74) is 5.81. The molecule has 1 aliphatic rings. The Morgan fingerprint density at radius 3 is 2.25 bits per heavy atom. The van der Waals surface area contributed by atoms with Gasteiger partial charge in [-0.15, -0.1) is 0 Å². The average molecular weight is 609 g/mol. The van der Waals surface area contributed by atoms with Gasteiger partial charge in [-0.05, 0) is 90.4 Å². The molecule has 0 saturated heterocycles. The van der Waals surface area contributed by atoms with E-state index in [1.807, 2.05) is 66.7 Å². The maximum absolute atomic E-state index is 13.7. The van der Waals surface area contributed by atoms with Crippen molar-refractivity contribution < 1.29 is 27.0 Å². The summed E-state index contributed by atoms with van der Waals surface area (Å²) in [6.45, 7) is -0.197. The van der Waals surface area contributed by atoms with Crippen LogP contribution in [0.25, 0.3) is 22.3 Å². The highest BCUT2D eigenvalue weighted by molar-refractivity contribution is 7.85. The Bertz CT molecular complexity index is 1860. The third kappa shape index (κ3) is 7.24. The minimum absolute atomic E-state index is 0.146. The maximum atomic E-state index is 13.7. The van der Waals surface area contributed by atoms with Crippen LogP contribution in [0, 0.1) is 0 Å². The molecule has 0 spiro atoms. The van der Waals surface area contributed by atoms with Crippen LogP contribution in [0.1, 0.15) is 51.7 Å². The van der Waals surface area contributed by atoms with Crippen molar-refractivity contribution in [3.05, 3.63) is 125 Å². The topological polar surface area (TPSA) is 126 Å². The molecule has 1 unspecified atom stereocenters. The first-order valence-corrected chi connectivity index (χ1v) is 16.1. The molecule has 1 aliphatic carbocycles. The van der Waals surface area contributed by atoms with Gasteiger partial charge in [0, 0.05) is 28.7 Å². The fourth-order valence-electron chi connectivity index (χ4n) is 5.27. The van der Waals surface area contributed by atoms with Crippen LogP contribution in [-0.2, 0) is 21.3 Å². The van der Waals surface area contributed by atoms with E-state index in [0.29, 0.717) is 23.6 Å². The summed E-state index contributed by atoms with van der Waals surface area (Å²) in [7, 11) is -4.16. The van der Waals surface area contributed by atoms with Crippen LogP contribution >= 0.6 is 0 Å². The average Bonchev–Trinajstić information content (AvgIpc) is 3.78. The second-order valence-corrected chi connectivity index (χ2v) is 12.7. The molecule has 1 fully saturated rings. The van der Waals surface area contributed by atoms with Crippen molar-refractivity contribution in [1.82, 2.24) is 5.32 Å². The fourth-order valence-corrected chi connectivity index (χ4v) is 5.63. The number of hydrogen-bond donors (Lipinski definition) is 3. The van der Waals surface area contributed by atoms with Crippen LogP contribution in [0.2, 0.25) is 0 Å². The van der Waals surface area contributed by atoms with E-state index >= 15 is 0 Å². The highest BCUT2D eigenvalue weighted by Crippen LogP contribution is 2.40. The van der Waals surface area contributed by atoms with Gasteiger partial charge in [0.1, 0.15) is 11.3 Å². The number of carbonyl (C=O) groups excluding carboxylic acids is 2. The fraction of sp³-hybridized carbons (Fsp3) is 0.200. The number of nitrogens with one attached hydrogen (secondary N) is 2. The predicted molar refractivity (Wildman–Crippen MR) is 170 cm³/mol. The third-order valence-electron chi connectivity index (χ3n) is 7.87. The zero-order valence-corrected chi connectivity index (χ0v) is 24.7. The van der Waals surface area contributed by atoms with E-state index in [2.05, 4.69) is 22.8 Å². The van der Waals surface area contributed by atoms with E-state index in [1.165, 1.54) is 18.4 Å². The van der Waals surface area contributed by atoms with Crippen LogP contribution in [0.15, 0.2) is 108 Å². The molecular weight excluding hydrogens is 576 g/mol. The molecular formula is C35H32N2O6S. The Labute approximate surface area is 255 Å². The van der Waals surface area contributed by atoms with E-state index < -0.39 is 27.7 Å². The predicted octanol–water partition coefficient (Wildman–Crippen LogP) is 6.56. The summed E-state index contributed by atoms with van der Waals surface area (Å²) >= 11 is 0. The lowest BCUT2D eigenvalue weighted by molar-refractivity contribution is -0.117. The lowest BCUT2D eigenvalue weighted by atomic mass is 9.89. The van der Waals surface area contributed by atoms with E-state index in [4.69, 9.17) is 8.97 Å². The summed E-state index contributed by atoms with van der Waals surface area (Å²) in [6.07, 6.45) is 2.81. The number of amides is 2. The molecule has 4 aromatic carbocycles. The van der Waals surface area contributed by atoms with E-state index in [-0.39, 0.29) is 12.5 Å².